The fraction of sp³-hybridized carbons (Fsp3) is 0.500. The molecule has 1 aliphatic rings. The van der Waals surface area contributed by atoms with Crippen LogP contribution in [0.25, 0.3) is 11.0 Å². The van der Waals surface area contributed by atoms with E-state index < -0.39 is 5.60 Å². The van der Waals surface area contributed by atoms with Gasteiger partial charge < -0.3 is 15.0 Å². The lowest BCUT2D eigenvalue weighted by molar-refractivity contribution is 0.0520. The van der Waals surface area contributed by atoms with Crippen molar-refractivity contribution < 1.29 is 9.53 Å². The quantitative estimate of drug-likeness (QED) is 0.938. The number of ether oxygens (including phenoxy) is 1. The molecule has 24 heavy (non-hydrogen) atoms. The molecule has 1 atom stereocenters. The second-order valence-electron chi connectivity index (χ2n) is 7.20. The Morgan fingerprint density at radius 2 is 2.08 bits per heavy atom. The van der Waals surface area contributed by atoms with Gasteiger partial charge in [0, 0.05) is 19.6 Å². The number of para-hydroxylation sites is 2. The molecule has 0 spiro atoms. The molecule has 2 aromatic rings. The number of carbonyl (C=O) groups excluding carboxylic acids is 1. The highest BCUT2D eigenvalue weighted by molar-refractivity contribution is 5.75. The van der Waals surface area contributed by atoms with E-state index in [2.05, 4.69) is 20.2 Å². The second kappa shape index (κ2) is 6.63. The lowest BCUT2D eigenvalue weighted by Gasteiger charge is -2.21. The van der Waals surface area contributed by atoms with E-state index in [1.807, 2.05) is 51.2 Å². The maximum absolute atomic E-state index is 11.7. The minimum absolute atomic E-state index is 0.355. The van der Waals surface area contributed by atoms with Crippen molar-refractivity contribution in [2.45, 2.75) is 32.8 Å². The Hall–Kier alpha value is -2.37. The number of amides is 1. The molecule has 6 heteroatoms. The van der Waals surface area contributed by atoms with E-state index in [1.54, 1.807) is 0 Å². The molecule has 0 unspecified atom stereocenters. The van der Waals surface area contributed by atoms with Crippen molar-refractivity contribution in [3.8, 4) is 0 Å². The highest BCUT2D eigenvalue weighted by atomic mass is 16.6. The van der Waals surface area contributed by atoms with Crippen LogP contribution in [0.5, 0.6) is 0 Å². The van der Waals surface area contributed by atoms with Gasteiger partial charge in [-0.05, 0) is 45.2 Å². The molecule has 6 nitrogen and oxygen atoms in total. The van der Waals surface area contributed by atoms with E-state index in [9.17, 15) is 4.79 Å². The van der Waals surface area contributed by atoms with Gasteiger partial charge in [-0.25, -0.2) is 9.78 Å². The maximum Gasteiger partial charge on any atom is 0.407 e. The number of anilines is 1. The topological polar surface area (TPSA) is 67.3 Å². The lowest BCUT2D eigenvalue weighted by atomic mass is 10.1. The average Bonchev–Trinajstić information content (AvgIpc) is 3.00. The summed E-state index contributed by atoms with van der Waals surface area (Å²) in [5.41, 5.74) is 1.35. The predicted molar refractivity (Wildman–Crippen MR) is 94.1 cm³/mol. The third kappa shape index (κ3) is 4.13. The molecule has 0 saturated carbocycles. The van der Waals surface area contributed by atoms with Crippen molar-refractivity contribution in [2.75, 3.05) is 24.5 Å². The molecular weight excluding hydrogens is 304 g/mol. The standard InChI is InChI=1S/C18H24N4O2/c1-18(2,3)24-17(23)20-10-13-8-9-22(12-13)16-11-19-14-6-4-5-7-15(14)21-16/h4-7,11,13H,8-10,12H2,1-3H3,(H,20,23)/t13-/m1/s1. The van der Waals surface area contributed by atoms with Gasteiger partial charge >= 0.3 is 6.09 Å². The number of carbonyl (C=O) groups is 1. The van der Waals surface area contributed by atoms with Crippen LogP contribution in [0.1, 0.15) is 27.2 Å². The van der Waals surface area contributed by atoms with Crippen LogP contribution in [0.2, 0.25) is 0 Å². The summed E-state index contributed by atoms with van der Waals surface area (Å²) in [6.45, 7) is 8.00. The van der Waals surface area contributed by atoms with Gasteiger partial charge in [0.1, 0.15) is 11.4 Å². The number of nitrogens with zero attached hydrogens (tertiary/aromatic N) is 3. The predicted octanol–water partition coefficient (Wildman–Crippen LogP) is 2.98. The maximum atomic E-state index is 11.7. The summed E-state index contributed by atoms with van der Waals surface area (Å²) >= 11 is 0. The van der Waals surface area contributed by atoms with Gasteiger partial charge in [-0.1, -0.05) is 12.1 Å². The summed E-state index contributed by atoms with van der Waals surface area (Å²) in [4.78, 5) is 23.1. The molecule has 0 aliphatic carbocycles. The van der Waals surface area contributed by atoms with E-state index >= 15 is 0 Å². The third-order valence-electron chi connectivity index (χ3n) is 3.98. The van der Waals surface area contributed by atoms with Crippen molar-refractivity contribution in [2.24, 2.45) is 5.92 Å². The molecule has 1 N–H and O–H groups in total. The minimum atomic E-state index is -0.466. The fourth-order valence-electron chi connectivity index (χ4n) is 2.85. The van der Waals surface area contributed by atoms with Crippen LogP contribution in [0.3, 0.4) is 0 Å². The van der Waals surface area contributed by atoms with Gasteiger partial charge in [0.2, 0.25) is 0 Å². The van der Waals surface area contributed by atoms with Gasteiger partial charge in [0.15, 0.2) is 0 Å². The van der Waals surface area contributed by atoms with Gasteiger partial charge in [-0.2, -0.15) is 0 Å². The largest absolute Gasteiger partial charge is 0.444 e. The van der Waals surface area contributed by atoms with E-state index in [4.69, 9.17) is 4.74 Å². The molecule has 1 saturated heterocycles. The fourth-order valence-corrected chi connectivity index (χ4v) is 2.85. The highest BCUT2D eigenvalue weighted by Crippen LogP contribution is 2.23. The van der Waals surface area contributed by atoms with Crippen molar-refractivity contribution >= 4 is 22.9 Å². The summed E-state index contributed by atoms with van der Waals surface area (Å²) < 4.78 is 5.27. The van der Waals surface area contributed by atoms with Crippen molar-refractivity contribution in [1.82, 2.24) is 15.3 Å². The van der Waals surface area contributed by atoms with Gasteiger partial charge in [-0.3, -0.25) is 4.98 Å². The molecule has 128 valence electrons. The molecule has 1 aromatic carbocycles. The van der Waals surface area contributed by atoms with Crippen LogP contribution in [-0.4, -0.2) is 41.3 Å². The smallest absolute Gasteiger partial charge is 0.407 e. The Balaban J connectivity index is 1.55. The molecular formula is C18H24N4O2. The van der Waals surface area contributed by atoms with Crippen LogP contribution in [-0.2, 0) is 4.74 Å². The normalized spacial score (nSPS) is 18.0. The zero-order valence-corrected chi connectivity index (χ0v) is 14.5. The number of fused-ring (bicyclic) bond motifs is 1. The molecule has 1 aromatic heterocycles. The van der Waals surface area contributed by atoms with Crippen LogP contribution in [0.15, 0.2) is 30.5 Å². The highest BCUT2D eigenvalue weighted by Gasteiger charge is 2.25. The Labute approximate surface area is 142 Å². The first kappa shape index (κ1) is 16.5. The molecule has 3 rings (SSSR count). The minimum Gasteiger partial charge on any atom is -0.444 e. The molecule has 2 heterocycles. The summed E-state index contributed by atoms with van der Waals surface area (Å²) in [6, 6.07) is 7.87. The van der Waals surface area contributed by atoms with E-state index in [0.29, 0.717) is 12.5 Å². The van der Waals surface area contributed by atoms with Crippen LogP contribution in [0, 0.1) is 5.92 Å². The summed E-state index contributed by atoms with van der Waals surface area (Å²) in [7, 11) is 0. The monoisotopic (exact) mass is 328 g/mol. The van der Waals surface area contributed by atoms with Crippen LogP contribution >= 0.6 is 0 Å². The van der Waals surface area contributed by atoms with Crippen molar-refractivity contribution in [1.29, 1.82) is 0 Å². The number of aromatic nitrogens is 2. The zero-order valence-electron chi connectivity index (χ0n) is 14.5. The number of rotatable bonds is 3. The number of hydrogen-bond acceptors (Lipinski definition) is 5. The van der Waals surface area contributed by atoms with Gasteiger partial charge in [-0.15, -0.1) is 0 Å². The summed E-state index contributed by atoms with van der Waals surface area (Å²) in [5.74, 6) is 1.29. The van der Waals surface area contributed by atoms with Crippen LogP contribution < -0.4 is 10.2 Å². The lowest BCUT2D eigenvalue weighted by Crippen LogP contribution is -2.36. The van der Waals surface area contributed by atoms with Crippen molar-refractivity contribution in [3.63, 3.8) is 0 Å². The molecule has 1 aliphatic heterocycles. The van der Waals surface area contributed by atoms with Crippen molar-refractivity contribution in [3.05, 3.63) is 30.5 Å². The third-order valence-corrected chi connectivity index (χ3v) is 3.98. The first-order valence-electron chi connectivity index (χ1n) is 8.34. The van der Waals surface area contributed by atoms with Gasteiger partial charge in [0.05, 0.1) is 17.2 Å². The summed E-state index contributed by atoms with van der Waals surface area (Å²) in [5, 5.41) is 2.86. The number of hydrogen-bond donors (Lipinski definition) is 1. The SMILES string of the molecule is CC(C)(C)OC(=O)NC[C@H]1CCN(c2cnc3ccccc3n2)C1. The first-order chi connectivity index (χ1) is 11.4. The molecule has 1 amide bonds. The van der Waals surface area contributed by atoms with Crippen LogP contribution in [0.4, 0.5) is 10.6 Å². The number of alkyl carbamates (subject to hydrolysis) is 1. The zero-order chi connectivity index (χ0) is 17.2. The first-order valence-corrected chi connectivity index (χ1v) is 8.34. The van der Waals surface area contributed by atoms with E-state index in [-0.39, 0.29) is 6.09 Å². The van der Waals surface area contributed by atoms with E-state index in [0.717, 1.165) is 36.4 Å². The molecule has 0 bridgehead atoms. The van der Waals surface area contributed by atoms with E-state index in [1.165, 1.54) is 0 Å². The second-order valence-corrected chi connectivity index (χ2v) is 7.20. The average molecular weight is 328 g/mol. The molecule has 1 fully saturated rings. The van der Waals surface area contributed by atoms with Gasteiger partial charge in [0.25, 0.3) is 0 Å². The Morgan fingerprint density at radius 3 is 2.83 bits per heavy atom. The Morgan fingerprint density at radius 1 is 1.33 bits per heavy atom. The summed E-state index contributed by atoms with van der Waals surface area (Å²) in [6.07, 6.45) is 2.49. The Bertz CT molecular complexity index is 726. The Kier molecular flexibility index (Phi) is 4.55. The number of nitrogens with one attached hydrogen (secondary N) is 1. The molecule has 0 radical (unpaired) electrons. The number of benzene rings is 1.